The Labute approximate surface area is 140 Å². The summed E-state index contributed by atoms with van der Waals surface area (Å²) in [4.78, 5) is 14.8. The highest BCUT2D eigenvalue weighted by molar-refractivity contribution is 5.88. The van der Waals surface area contributed by atoms with Gasteiger partial charge >= 0.3 is 0 Å². The Balaban J connectivity index is 1.78. The number of rotatable bonds is 6. The van der Waals surface area contributed by atoms with Crippen molar-refractivity contribution in [1.29, 1.82) is 0 Å². The van der Waals surface area contributed by atoms with Gasteiger partial charge in [0.2, 0.25) is 5.91 Å². The molecule has 4 heteroatoms. The standard InChI is InChI=1S/C19H31N3O/c1-15-7-9-17(10-8-15)21-19(2,3)18(23)20-12-11-16-6-5-13-22(4)14-16/h7-10,16,21H,5-6,11-14H2,1-4H3,(H,20,23). The zero-order valence-corrected chi connectivity index (χ0v) is 15.0. The van der Waals surface area contributed by atoms with Crippen LogP contribution in [-0.4, -0.2) is 43.0 Å². The summed E-state index contributed by atoms with van der Waals surface area (Å²) in [6.07, 6.45) is 3.62. The van der Waals surface area contributed by atoms with E-state index < -0.39 is 5.54 Å². The molecule has 0 bridgehead atoms. The Bertz CT molecular complexity index is 510. The maximum absolute atomic E-state index is 12.5. The van der Waals surface area contributed by atoms with Gasteiger partial charge in [0.25, 0.3) is 0 Å². The van der Waals surface area contributed by atoms with E-state index in [4.69, 9.17) is 0 Å². The number of anilines is 1. The number of nitrogens with zero attached hydrogens (tertiary/aromatic N) is 1. The second-order valence-corrected chi connectivity index (χ2v) is 7.43. The van der Waals surface area contributed by atoms with Gasteiger partial charge in [0, 0.05) is 18.8 Å². The SMILES string of the molecule is Cc1ccc(NC(C)(C)C(=O)NCCC2CCCN(C)C2)cc1. The van der Waals surface area contributed by atoms with E-state index in [1.165, 1.54) is 24.9 Å². The summed E-state index contributed by atoms with van der Waals surface area (Å²) in [5.74, 6) is 0.768. The Morgan fingerprint density at radius 3 is 2.65 bits per heavy atom. The van der Waals surface area contributed by atoms with Crippen LogP contribution < -0.4 is 10.6 Å². The van der Waals surface area contributed by atoms with Crippen LogP contribution in [0.1, 0.15) is 38.7 Å². The third-order valence-corrected chi connectivity index (χ3v) is 4.64. The lowest BCUT2D eigenvalue weighted by Gasteiger charge is -2.30. The molecule has 128 valence electrons. The van der Waals surface area contributed by atoms with Crippen molar-refractivity contribution in [3.63, 3.8) is 0 Å². The van der Waals surface area contributed by atoms with E-state index in [0.29, 0.717) is 5.92 Å². The Morgan fingerprint density at radius 1 is 1.30 bits per heavy atom. The van der Waals surface area contributed by atoms with E-state index in [-0.39, 0.29) is 5.91 Å². The van der Waals surface area contributed by atoms with Crippen LogP contribution in [0, 0.1) is 12.8 Å². The van der Waals surface area contributed by atoms with Gasteiger partial charge in [-0.05, 0) is 71.7 Å². The molecule has 0 spiro atoms. The van der Waals surface area contributed by atoms with Gasteiger partial charge in [0.05, 0.1) is 0 Å². The van der Waals surface area contributed by atoms with Gasteiger partial charge in [-0.25, -0.2) is 0 Å². The van der Waals surface area contributed by atoms with Crippen molar-refractivity contribution in [3.05, 3.63) is 29.8 Å². The van der Waals surface area contributed by atoms with E-state index >= 15 is 0 Å². The van der Waals surface area contributed by atoms with Crippen LogP contribution in [0.3, 0.4) is 0 Å². The van der Waals surface area contributed by atoms with Gasteiger partial charge in [0.1, 0.15) is 5.54 Å². The molecule has 1 unspecified atom stereocenters. The van der Waals surface area contributed by atoms with Crippen molar-refractivity contribution in [1.82, 2.24) is 10.2 Å². The fourth-order valence-corrected chi connectivity index (χ4v) is 3.17. The molecule has 0 saturated carbocycles. The molecule has 1 aromatic carbocycles. The van der Waals surface area contributed by atoms with E-state index in [1.807, 2.05) is 26.0 Å². The van der Waals surface area contributed by atoms with Gasteiger partial charge in [-0.3, -0.25) is 4.79 Å². The van der Waals surface area contributed by atoms with E-state index in [2.05, 4.69) is 41.6 Å². The molecule has 1 amide bonds. The molecule has 1 heterocycles. The molecule has 2 N–H and O–H groups in total. The lowest BCUT2D eigenvalue weighted by molar-refractivity contribution is -0.124. The minimum Gasteiger partial charge on any atom is -0.372 e. The Hall–Kier alpha value is -1.55. The molecule has 1 aliphatic rings. The van der Waals surface area contributed by atoms with E-state index in [9.17, 15) is 4.79 Å². The first kappa shape index (κ1) is 17.8. The normalized spacial score (nSPS) is 19.4. The number of aryl methyl sites for hydroxylation is 1. The van der Waals surface area contributed by atoms with Gasteiger partial charge in [0.15, 0.2) is 0 Å². The molecule has 1 fully saturated rings. The van der Waals surface area contributed by atoms with Crippen LogP contribution in [-0.2, 0) is 4.79 Å². The highest BCUT2D eigenvalue weighted by atomic mass is 16.2. The van der Waals surface area contributed by atoms with Crippen LogP contribution in [0.4, 0.5) is 5.69 Å². The summed E-state index contributed by atoms with van der Waals surface area (Å²) in [6, 6.07) is 8.14. The van der Waals surface area contributed by atoms with E-state index in [1.54, 1.807) is 0 Å². The quantitative estimate of drug-likeness (QED) is 0.847. The molecule has 1 aromatic rings. The zero-order chi connectivity index (χ0) is 16.9. The third-order valence-electron chi connectivity index (χ3n) is 4.64. The van der Waals surface area contributed by atoms with Gasteiger partial charge < -0.3 is 15.5 Å². The molecule has 1 saturated heterocycles. The molecule has 0 radical (unpaired) electrons. The number of nitrogens with one attached hydrogen (secondary N) is 2. The fourth-order valence-electron chi connectivity index (χ4n) is 3.17. The molecule has 1 atom stereocenters. The van der Waals surface area contributed by atoms with Gasteiger partial charge in [-0.1, -0.05) is 17.7 Å². The largest absolute Gasteiger partial charge is 0.372 e. The lowest BCUT2D eigenvalue weighted by Crippen LogP contribution is -2.48. The van der Waals surface area contributed by atoms with Gasteiger partial charge in [-0.15, -0.1) is 0 Å². The van der Waals surface area contributed by atoms with Crippen molar-refractivity contribution in [2.45, 2.75) is 45.6 Å². The first-order chi connectivity index (χ1) is 10.9. The summed E-state index contributed by atoms with van der Waals surface area (Å²) in [5, 5.41) is 6.42. The molecule has 1 aliphatic heterocycles. The zero-order valence-electron chi connectivity index (χ0n) is 15.0. The first-order valence-corrected chi connectivity index (χ1v) is 8.68. The minimum atomic E-state index is -0.612. The average molecular weight is 317 g/mol. The molecular formula is C19H31N3O. The van der Waals surface area contributed by atoms with Crippen molar-refractivity contribution in [2.24, 2.45) is 5.92 Å². The summed E-state index contributed by atoms with van der Waals surface area (Å²) in [6.45, 7) is 9.03. The highest BCUT2D eigenvalue weighted by Gasteiger charge is 2.27. The Morgan fingerprint density at radius 2 is 2.00 bits per heavy atom. The van der Waals surface area contributed by atoms with Crippen LogP contribution in [0.2, 0.25) is 0 Å². The van der Waals surface area contributed by atoms with Crippen LogP contribution in [0.25, 0.3) is 0 Å². The van der Waals surface area contributed by atoms with Crippen molar-refractivity contribution in [2.75, 3.05) is 32.0 Å². The number of carbonyl (C=O) groups is 1. The predicted octanol–water partition coefficient (Wildman–Crippen LogP) is 3.03. The number of benzene rings is 1. The molecule has 23 heavy (non-hydrogen) atoms. The summed E-state index contributed by atoms with van der Waals surface area (Å²) < 4.78 is 0. The lowest BCUT2D eigenvalue weighted by atomic mass is 9.95. The van der Waals surface area contributed by atoms with Crippen molar-refractivity contribution < 1.29 is 4.79 Å². The predicted molar refractivity (Wildman–Crippen MR) is 96.7 cm³/mol. The van der Waals surface area contributed by atoms with Crippen LogP contribution in [0.5, 0.6) is 0 Å². The number of likely N-dealkylation sites (tertiary alicyclic amines) is 1. The number of hydrogen-bond acceptors (Lipinski definition) is 3. The van der Waals surface area contributed by atoms with E-state index in [0.717, 1.165) is 25.2 Å². The second kappa shape index (κ2) is 7.82. The smallest absolute Gasteiger partial charge is 0.245 e. The fraction of sp³-hybridized carbons (Fsp3) is 0.632. The number of carbonyl (C=O) groups excluding carboxylic acids is 1. The van der Waals surface area contributed by atoms with Crippen LogP contribution >= 0.6 is 0 Å². The molecule has 4 nitrogen and oxygen atoms in total. The average Bonchev–Trinajstić information content (AvgIpc) is 2.49. The Kier molecular flexibility index (Phi) is 6.05. The number of piperidine rings is 1. The maximum atomic E-state index is 12.5. The summed E-state index contributed by atoms with van der Waals surface area (Å²) in [7, 11) is 2.18. The number of amides is 1. The monoisotopic (exact) mass is 317 g/mol. The number of hydrogen-bond donors (Lipinski definition) is 2. The van der Waals surface area contributed by atoms with Crippen molar-refractivity contribution in [3.8, 4) is 0 Å². The summed E-state index contributed by atoms with van der Waals surface area (Å²) in [5.41, 5.74) is 1.58. The van der Waals surface area contributed by atoms with Crippen molar-refractivity contribution >= 4 is 11.6 Å². The molecule has 0 aliphatic carbocycles. The van der Waals surface area contributed by atoms with Crippen LogP contribution in [0.15, 0.2) is 24.3 Å². The maximum Gasteiger partial charge on any atom is 0.245 e. The molecule has 0 aromatic heterocycles. The third kappa shape index (κ3) is 5.54. The highest BCUT2D eigenvalue weighted by Crippen LogP contribution is 2.19. The molecule has 2 rings (SSSR count). The molecular weight excluding hydrogens is 286 g/mol. The summed E-state index contributed by atoms with van der Waals surface area (Å²) >= 11 is 0. The van der Waals surface area contributed by atoms with Gasteiger partial charge in [-0.2, -0.15) is 0 Å². The first-order valence-electron chi connectivity index (χ1n) is 8.68. The minimum absolute atomic E-state index is 0.0576. The second-order valence-electron chi connectivity index (χ2n) is 7.43. The topological polar surface area (TPSA) is 44.4 Å².